The van der Waals surface area contributed by atoms with Crippen LogP contribution in [0.1, 0.15) is 52.4 Å². The lowest BCUT2D eigenvalue weighted by Gasteiger charge is -2.24. The monoisotopic (exact) mass is 356 g/mol. The smallest absolute Gasteiger partial charge is 0.326 e. The van der Waals surface area contributed by atoms with Crippen molar-refractivity contribution in [2.75, 3.05) is 13.1 Å². The van der Waals surface area contributed by atoms with Crippen molar-refractivity contribution in [1.29, 1.82) is 0 Å². The van der Waals surface area contributed by atoms with Crippen molar-refractivity contribution in [3.05, 3.63) is 0 Å². The van der Waals surface area contributed by atoms with Crippen LogP contribution in [0.25, 0.3) is 0 Å². The molecule has 0 radical (unpaired) electrons. The lowest BCUT2D eigenvalue weighted by Crippen LogP contribution is -2.54. The van der Waals surface area contributed by atoms with Gasteiger partial charge in [0.2, 0.25) is 11.8 Å². The molecule has 1 heterocycles. The summed E-state index contributed by atoms with van der Waals surface area (Å²) in [5, 5.41) is 17.7. The maximum absolute atomic E-state index is 12.5. The third-order valence-corrected chi connectivity index (χ3v) is 4.28. The minimum Gasteiger partial charge on any atom is -0.480 e. The molecule has 0 aliphatic carbocycles. The van der Waals surface area contributed by atoms with E-state index in [-0.39, 0.29) is 17.9 Å². The number of nitrogens with one attached hydrogen (secondary N) is 3. The van der Waals surface area contributed by atoms with Gasteiger partial charge < -0.3 is 26.8 Å². The van der Waals surface area contributed by atoms with Crippen molar-refractivity contribution in [1.82, 2.24) is 16.0 Å². The number of carbonyl (C=O) groups excluding carboxylic acids is 2. The third-order valence-electron chi connectivity index (χ3n) is 4.28. The third kappa shape index (κ3) is 7.83. The lowest BCUT2D eigenvalue weighted by molar-refractivity contribution is -0.142. The van der Waals surface area contributed by atoms with Crippen molar-refractivity contribution < 1.29 is 19.5 Å². The fourth-order valence-corrected chi connectivity index (χ4v) is 2.91. The van der Waals surface area contributed by atoms with Crippen LogP contribution in [0.2, 0.25) is 0 Å². The second kappa shape index (κ2) is 11.0. The number of rotatable bonds is 11. The normalized spacial score (nSPS) is 19.4. The Morgan fingerprint density at radius 3 is 2.44 bits per heavy atom. The molecule has 25 heavy (non-hydrogen) atoms. The number of carboxylic acid groups (broad SMARTS) is 1. The summed E-state index contributed by atoms with van der Waals surface area (Å²) < 4.78 is 0. The number of nitrogens with two attached hydrogens (primary N) is 1. The molecule has 8 nitrogen and oxygen atoms in total. The first-order chi connectivity index (χ1) is 11.8. The zero-order valence-electron chi connectivity index (χ0n) is 15.2. The number of carbonyl (C=O) groups is 3. The number of unbranched alkanes of at least 4 members (excludes halogenated alkanes) is 1. The summed E-state index contributed by atoms with van der Waals surface area (Å²) >= 11 is 0. The molecule has 3 atom stereocenters. The first-order valence-corrected chi connectivity index (χ1v) is 9.12. The summed E-state index contributed by atoms with van der Waals surface area (Å²) in [4.78, 5) is 36.2. The Labute approximate surface area is 149 Å². The average Bonchev–Trinajstić information content (AvgIpc) is 3.07. The molecule has 0 saturated carbocycles. The molecule has 1 aliphatic rings. The number of aliphatic carboxylic acids is 1. The van der Waals surface area contributed by atoms with E-state index in [1.165, 1.54) is 0 Å². The van der Waals surface area contributed by atoms with E-state index in [2.05, 4.69) is 16.0 Å². The van der Waals surface area contributed by atoms with Crippen LogP contribution in [-0.2, 0) is 14.4 Å². The fourth-order valence-electron chi connectivity index (χ4n) is 2.91. The molecule has 0 aromatic carbocycles. The predicted molar refractivity (Wildman–Crippen MR) is 94.9 cm³/mol. The number of hydrogen-bond acceptors (Lipinski definition) is 5. The Hall–Kier alpha value is -1.67. The second-order valence-corrected chi connectivity index (χ2v) is 7.02. The SMILES string of the molecule is CC(C)C[C@H](NC(=O)[C@@H]1CCCN1)C(=O)N[C@@H](CCCCN)C(=O)O. The molecule has 2 amide bonds. The van der Waals surface area contributed by atoms with E-state index in [9.17, 15) is 19.5 Å². The van der Waals surface area contributed by atoms with Gasteiger partial charge in [-0.3, -0.25) is 9.59 Å². The van der Waals surface area contributed by atoms with Gasteiger partial charge in [0.05, 0.1) is 6.04 Å². The predicted octanol–water partition coefficient (Wildman–Crippen LogP) is -0.0323. The molecule has 0 spiro atoms. The van der Waals surface area contributed by atoms with Crippen molar-refractivity contribution in [3.8, 4) is 0 Å². The van der Waals surface area contributed by atoms with E-state index in [1.54, 1.807) is 0 Å². The summed E-state index contributed by atoms with van der Waals surface area (Å²) in [6, 6.07) is -1.97. The van der Waals surface area contributed by atoms with Crippen molar-refractivity contribution in [2.45, 2.75) is 70.5 Å². The topological polar surface area (TPSA) is 134 Å². The largest absolute Gasteiger partial charge is 0.480 e. The molecule has 1 rings (SSSR count). The van der Waals surface area contributed by atoms with Gasteiger partial charge in [0.15, 0.2) is 0 Å². The van der Waals surface area contributed by atoms with Gasteiger partial charge in [0.1, 0.15) is 12.1 Å². The van der Waals surface area contributed by atoms with Crippen LogP contribution >= 0.6 is 0 Å². The van der Waals surface area contributed by atoms with E-state index in [4.69, 9.17) is 5.73 Å². The maximum atomic E-state index is 12.5. The molecule has 0 aromatic rings. The molecule has 8 heteroatoms. The van der Waals surface area contributed by atoms with Crippen LogP contribution in [0.4, 0.5) is 0 Å². The quantitative estimate of drug-likeness (QED) is 0.330. The number of amides is 2. The molecule has 1 aliphatic heterocycles. The van der Waals surface area contributed by atoms with E-state index in [0.29, 0.717) is 32.2 Å². The summed E-state index contributed by atoms with van der Waals surface area (Å²) in [6.07, 6.45) is 3.80. The zero-order valence-corrected chi connectivity index (χ0v) is 15.2. The number of hydrogen-bond donors (Lipinski definition) is 5. The minimum absolute atomic E-state index is 0.188. The molecule has 1 saturated heterocycles. The van der Waals surface area contributed by atoms with E-state index in [0.717, 1.165) is 19.4 Å². The Bertz CT molecular complexity index is 450. The van der Waals surface area contributed by atoms with Gasteiger partial charge in [-0.25, -0.2) is 4.79 Å². The Morgan fingerprint density at radius 1 is 1.20 bits per heavy atom. The molecule has 0 aromatic heterocycles. The van der Waals surface area contributed by atoms with Gasteiger partial charge in [-0.1, -0.05) is 13.8 Å². The Balaban J connectivity index is 2.66. The highest BCUT2D eigenvalue weighted by Gasteiger charge is 2.30. The summed E-state index contributed by atoms with van der Waals surface area (Å²) in [5.41, 5.74) is 5.42. The standard InChI is InChI=1S/C17H32N4O4/c1-11(2)10-14(21-15(22)12-7-5-9-19-12)16(23)20-13(17(24)25)6-3-4-8-18/h11-14,19H,3-10,18H2,1-2H3,(H,20,23)(H,21,22)(H,24,25)/t12-,13-,14-/m0/s1. The zero-order chi connectivity index (χ0) is 18.8. The van der Waals surface area contributed by atoms with Crippen LogP contribution in [0.5, 0.6) is 0 Å². The van der Waals surface area contributed by atoms with Gasteiger partial charge >= 0.3 is 5.97 Å². The molecule has 1 fully saturated rings. The van der Waals surface area contributed by atoms with Crippen LogP contribution < -0.4 is 21.7 Å². The highest BCUT2D eigenvalue weighted by molar-refractivity contribution is 5.91. The van der Waals surface area contributed by atoms with Crippen molar-refractivity contribution in [3.63, 3.8) is 0 Å². The van der Waals surface area contributed by atoms with Gasteiger partial charge in [0.25, 0.3) is 0 Å². The summed E-state index contributed by atoms with van der Waals surface area (Å²) in [6.45, 7) is 5.19. The van der Waals surface area contributed by atoms with Crippen LogP contribution in [0, 0.1) is 5.92 Å². The average molecular weight is 356 g/mol. The first-order valence-electron chi connectivity index (χ1n) is 9.12. The van der Waals surface area contributed by atoms with Gasteiger partial charge in [-0.15, -0.1) is 0 Å². The minimum atomic E-state index is -1.07. The molecule has 144 valence electrons. The van der Waals surface area contributed by atoms with Crippen molar-refractivity contribution in [2.24, 2.45) is 11.7 Å². The summed E-state index contributed by atoms with van der Waals surface area (Å²) in [5.74, 6) is -1.53. The van der Waals surface area contributed by atoms with E-state index < -0.39 is 24.0 Å². The Morgan fingerprint density at radius 2 is 1.92 bits per heavy atom. The van der Waals surface area contributed by atoms with Crippen molar-refractivity contribution >= 4 is 17.8 Å². The van der Waals surface area contributed by atoms with E-state index >= 15 is 0 Å². The van der Waals surface area contributed by atoms with Crippen LogP contribution in [-0.4, -0.2) is 54.1 Å². The first kappa shape index (κ1) is 21.4. The maximum Gasteiger partial charge on any atom is 0.326 e. The summed E-state index contributed by atoms with van der Waals surface area (Å²) in [7, 11) is 0. The number of carboxylic acids is 1. The molecular formula is C17H32N4O4. The second-order valence-electron chi connectivity index (χ2n) is 7.02. The molecular weight excluding hydrogens is 324 g/mol. The van der Waals surface area contributed by atoms with E-state index in [1.807, 2.05) is 13.8 Å². The van der Waals surface area contributed by atoms with Gasteiger partial charge in [-0.2, -0.15) is 0 Å². The Kier molecular flexibility index (Phi) is 9.44. The molecule has 0 bridgehead atoms. The van der Waals surface area contributed by atoms with Crippen LogP contribution in [0.3, 0.4) is 0 Å². The highest BCUT2D eigenvalue weighted by atomic mass is 16.4. The van der Waals surface area contributed by atoms with Crippen LogP contribution in [0.15, 0.2) is 0 Å². The highest BCUT2D eigenvalue weighted by Crippen LogP contribution is 2.10. The fraction of sp³-hybridized carbons (Fsp3) is 0.824. The van der Waals surface area contributed by atoms with Gasteiger partial charge in [0, 0.05) is 0 Å². The van der Waals surface area contributed by atoms with Gasteiger partial charge in [-0.05, 0) is 57.5 Å². The molecule has 0 unspecified atom stereocenters. The lowest BCUT2D eigenvalue weighted by atomic mass is 10.0. The molecule has 6 N–H and O–H groups in total.